The molecule has 0 aromatic heterocycles. The van der Waals surface area contributed by atoms with E-state index in [1.807, 2.05) is 45.0 Å². The third-order valence-corrected chi connectivity index (χ3v) is 4.84. The van der Waals surface area contributed by atoms with Crippen LogP contribution in [0.2, 0.25) is 0 Å². The number of carbonyl (C=O) groups is 1. The third-order valence-electron chi connectivity index (χ3n) is 3.98. The van der Waals surface area contributed by atoms with Gasteiger partial charge in [-0.1, -0.05) is 28.1 Å². The summed E-state index contributed by atoms with van der Waals surface area (Å²) in [5.74, 6) is 12.2. The van der Waals surface area contributed by atoms with Gasteiger partial charge in [0, 0.05) is 17.1 Å². The normalized spacial score (nSPS) is 10.5. The summed E-state index contributed by atoms with van der Waals surface area (Å²) in [4.78, 5) is 12.1. The van der Waals surface area contributed by atoms with Gasteiger partial charge in [0.2, 0.25) is 0 Å². The van der Waals surface area contributed by atoms with Gasteiger partial charge < -0.3 is 4.74 Å². The number of hydrazine groups is 2. The van der Waals surface area contributed by atoms with E-state index in [1.54, 1.807) is 6.07 Å². The standard InChI is InChI=1S/C18H23BrN4O2/c1-11-6-5-7-16(23(21)18(24)22(4)20)14(11)10-25-17-9-12(2)15(19)8-13(17)3/h5-9H,10,20-21H2,1-4H3. The van der Waals surface area contributed by atoms with Gasteiger partial charge in [-0.3, -0.25) is 5.01 Å². The van der Waals surface area contributed by atoms with Crippen LogP contribution in [0, 0.1) is 20.8 Å². The van der Waals surface area contributed by atoms with Gasteiger partial charge in [0.1, 0.15) is 12.4 Å². The molecule has 7 heteroatoms. The van der Waals surface area contributed by atoms with Crippen molar-refractivity contribution in [1.82, 2.24) is 5.01 Å². The first kappa shape index (κ1) is 19.2. The molecule has 0 aliphatic carbocycles. The second-order valence-corrected chi connectivity index (χ2v) is 6.85. The number of aryl methyl sites for hydroxylation is 3. The molecule has 0 aliphatic rings. The van der Waals surface area contributed by atoms with E-state index in [0.717, 1.165) is 42.5 Å². The summed E-state index contributed by atoms with van der Waals surface area (Å²) in [6.45, 7) is 6.24. The molecule has 2 amide bonds. The summed E-state index contributed by atoms with van der Waals surface area (Å²) >= 11 is 3.52. The van der Waals surface area contributed by atoms with E-state index in [1.165, 1.54) is 7.05 Å². The highest BCUT2D eigenvalue weighted by Gasteiger charge is 2.19. The minimum absolute atomic E-state index is 0.291. The van der Waals surface area contributed by atoms with Crippen LogP contribution in [0.4, 0.5) is 10.5 Å². The van der Waals surface area contributed by atoms with Crippen LogP contribution in [0.25, 0.3) is 0 Å². The first-order chi connectivity index (χ1) is 11.7. The lowest BCUT2D eigenvalue weighted by molar-refractivity contribution is 0.216. The van der Waals surface area contributed by atoms with Crippen molar-refractivity contribution >= 4 is 27.6 Å². The highest BCUT2D eigenvalue weighted by molar-refractivity contribution is 9.10. The summed E-state index contributed by atoms with van der Waals surface area (Å²) in [5, 5.41) is 1.97. The van der Waals surface area contributed by atoms with Crippen LogP contribution >= 0.6 is 15.9 Å². The number of urea groups is 1. The Balaban J connectivity index is 2.31. The van der Waals surface area contributed by atoms with Crippen molar-refractivity contribution in [2.45, 2.75) is 27.4 Å². The lowest BCUT2D eigenvalue weighted by atomic mass is 10.1. The van der Waals surface area contributed by atoms with Crippen LogP contribution in [0.3, 0.4) is 0 Å². The van der Waals surface area contributed by atoms with Gasteiger partial charge in [-0.2, -0.15) is 0 Å². The van der Waals surface area contributed by atoms with Gasteiger partial charge in [0.05, 0.1) is 5.69 Å². The number of amides is 2. The van der Waals surface area contributed by atoms with Crippen molar-refractivity contribution in [2.75, 3.05) is 12.1 Å². The fourth-order valence-corrected chi connectivity index (χ4v) is 2.89. The van der Waals surface area contributed by atoms with Gasteiger partial charge in [0.25, 0.3) is 0 Å². The topological polar surface area (TPSA) is 84.8 Å². The molecule has 0 atom stereocenters. The highest BCUT2D eigenvalue weighted by Crippen LogP contribution is 2.29. The molecule has 0 saturated heterocycles. The van der Waals surface area contributed by atoms with Crippen molar-refractivity contribution in [2.24, 2.45) is 11.7 Å². The van der Waals surface area contributed by atoms with Gasteiger partial charge in [-0.25, -0.2) is 21.5 Å². The first-order valence-corrected chi connectivity index (χ1v) is 8.57. The van der Waals surface area contributed by atoms with Crippen molar-refractivity contribution < 1.29 is 9.53 Å². The van der Waals surface area contributed by atoms with Crippen LogP contribution in [0.15, 0.2) is 34.8 Å². The average molecular weight is 407 g/mol. The molecule has 0 heterocycles. The molecular weight excluding hydrogens is 384 g/mol. The van der Waals surface area contributed by atoms with Gasteiger partial charge in [0.15, 0.2) is 0 Å². The Morgan fingerprint density at radius 2 is 1.80 bits per heavy atom. The monoisotopic (exact) mass is 406 g/mol. The zero-order chi connectivity index (χ0) is 18.7. The number of hydrogen-bond donors (Lipinski definition) is 2. The van der Waals surface area contributed by atoms with Gasteiger partial charge in [-0.05, 0) is 55.7 Å². The quantitative estimate of drug-likeness (QED) is 0.461. The number of anilines is 1. The highest BCUT2D eigenvalue weighted by atomic mass is 79.9. The second kappa shape index (κ2) is 7.86. The zero-order valence-corrected chi connectivity index (χ0v) is 16.4. The average Bonchev–Trinajstić information content (AvgIpc) is 2.56. The van der Waals surface area contributed by atoms with Crippen LogP contribution in [0.5, 0.6) is 5.75 Å². The molecular formula is C18H23BrN4O2. The molecule has 0 aliphatic heterocycles. The fraction of sp³-hybridized carbons (Fsp3) is 0.278. The summed E-state index contributed by atoms with van der Waals surface area (Å²) < 4.78 is 7.05. The van der Waals surface area contributed by atoms with Crippen molar-refractivity contribution in [3.05, 3.63) is 57.1 Å². The van der Waals surface area contributed by atoms with Crippen LogP contribution in [-0.2, 0) is 6.61 Å². The fourth-order valence-electron chi connectivity index (χ4n) is 2.43. The Morgan fingerprint density at radius 3 is 2.44 bits per heavy atom. The Kier molecular flexibility index (Phi) is 6.05. The largest absolute Gasteiger partial charge is 0.489 e. The Labute approximate surface area is 156 Å². The molecule has 2 aromatic rings. The Morgan fingerprint density at radius 1 is 1.12 bits per heavy atom. The van der Waals surface area contributed by atoms with E-state index in [9.17, 15) is 4.79 Å². The first-order valence-electron chi connectivity index (χ1n) is 7.77. The lowest BCUT2D eigenvalue weighted by Crippen LogP contribution is -2.49. The molecule has 0 spiro atoms. The lowest BCUT2D eigenvalue weighted by Gasteiger charge is -2.24. The van der Waals surface area contributed by atoms with E-state index in [0.29, 0.717) is 12.3 Å². The number of halogens is 1. The molecule has 0 radical (unpaired) electrons. The van der Waals surface area contributed by atoms with Crippen LogP contribution < -0.4 is 21.4 Å². The number of carbonyl (C=O) groups excluding carboxylic acids is 1. The maximum absolute atomic E-state index is 12.1. The molecule has 6 nitrogen and oxygen atoms in total. The predicted octanol–water partition coefficient (Wildman–Crippen LogP) is 3.56. The van der Waals surface area contributed by atoms with E-state index in [-0.39, 0.29) is 0 Å². The van der Waals surface area contributed by atoms with Gasteiger partial charge in [-0.15, -0.1) is 0 Å². The molecule has 2 rings (SSSR count). The minimum Gasteiger partial charge on any atom is -0.489 e. The van der Waals surface area contributed by atoms with Crippen LogP contribution in [-0.4, -0.2) is 18.1 Å². The molecule has 4 N–H and O–H groups in total. The summed E-state index contributed by atoms with van der Waals surface area (Å²) in [5.41, 5.74) is 4.49. The van der Waals surface area contributed by atoms with E-state index in [4.69, 9.17) is 16.4 Å². The molecule has 134 valence electrons. The zero-order valence-electron chi connectivity index (χ0n) is 14.8. The summed E-state index contributed by atoms with van der Waals surface area (Å²) in [7, 11) is 1.45. The Bertz CT molecular complexity index is 793. The Hall–Kier alpha value is -2.09. The smallest absolute Gasteiger partial charge is 0.352 e. The maximum Gasteiger partial charge on any atom is 0.352 e. The van der Waals surface area contributed by atoms with E-state index < -0.39 is 6.03 Å². The van der Waals surface area contributed by atoms with E-state index >= 15 is 0 Å². The maximum atomic E-state index is 12.1. The molecule has 0 unspecified atom stereocenters. The minimum atomic E-state index is -0.512. The number of nitrogens with two attached hydrogens (primary N) is 2. The SMILES string of the molecule is Cc1cc(OCc2c(C)cccc2N(N)C(=O)N(C)N)c(C)cc1Br. The number of ether oxygens (including phenoxy) is 1. The molecule has 0 saturated carbocycles. The van der Waals surface area contributed by atoms with E-state index in [2.05, 4.69) is 15.9 Å². The third kappa shape index (κ3) is 4.31. The number of rotatable bonds is 4. The number of benzene rings is 2. The van der Waals surface area contributed by atoms with Crippen molar-refractivity contribution in [3.63, 3.8) is 0 Å². The molecule has 0 bridgehead atoms. The van der Waals surface area contributed by atoms with Crippen molar-refractivity contribution in [1.29, 1.82) is 0 Å². The number of hydrogen-bond acceptors (Lipinski definition) is 4. The molecule has 25 heavy (non-hydrogen) atoms. The van der Waals surface area contributed by atoms with Crippen LogP contribution in [0.1, 0.15) is 22.3 Å². The predicted molar refractivity (Wildman–Crippen MR) is 103 cm³/mol. The summed E-state index contributed by atoms with van der Waals surface area (Å²) in [6.07, 6.45) is 0. The second-order valence-electron chi connectivity index (χ2n) is 5.99. The number of nitrogens with zero attached hydrogens (tertiary/aromatic N) is 2. The van der Waals surface area contributed by atoms with Crippen molar-refractivity contribution in [3.8, 4) is 5.75 Å². The summed E-state index contributed by atoms with van der Waals surface area (Å²) in [6, 6.07) is 9.05. The molecule has 2 aromatic carbocycles. The molecule has 0 fully saturated rings. The van der Waals surface area contributed by atoms with Gasteiger partial charge >= 0.3 is 6.03 Å².